The summed E-state index contributed by atoms with van der Waals surface area (Å²) in [6, 6.07) is 7.35. The molecular formula is C14H20O4S. The zero-order valence-corrected chi connectivity index (χ0v) is 12.4. The van der Waals surface area contributed by atoms with E-state index in [1.807, 2.05) is 25.1 Å². The maximum absolute atomic E-state index is 12.2. The summed E-state index contributed by atoms with van der Waals surface area (Å²) in [7, 11) is -3.35. The lowest BCUT2D eigenvalue weighted by Gasteiger charge is -2.13. The smallest absolute Gasteiger partial charge is 0.307 e. The van der Waals surface area contributed by atoms with Crippen LogP contribution in [0.2, 0.25) is 0 Å². The van der Waals surface area contributed by atoms with Gasteiger partial charge in [0.1, 0.15) is 0 Å². The van der Waals surface area contributed by atoms with Gasteiger partial charge in [0.25, 0.3) is 0 Å². The molecule has 0 heterocycles. The Kier molecular flexibility index (Phi) is 5.54. The first-order valence-corrected chi connectivity index (χ1v) is 8.00. The Labute approximate surface area is 114 Å². The Bertz CT molecular complexity index is 534. The Morgan fingerprint density at radius 3 is 2.53 bits per heavy atom. The molecule has 0 aliphatic rings. The maximum Gasteiger partial charge on any atom is 0.307 e. The first kappa shape index (κ1) is 15.7. The van der Waals surface area contributed by atoms with E-state index in [0.717, 1.165) is 11.1 Å². The number of sulfone groups is 1. The van der Waals surface area contributed by atoms with Crippen LogP contribution < -0.4 is 0 Å². The number of carbonyl (C=O) groups excluding carboxylic acids is 1. The molecule has 1 aromatic carbocycles. The summed E-state index contributed by atoms with van der Waals surface area (Å²) >= 11 is 0. The number of hydrogen-bond donors (Lipinski definition) is 0. The molecule has 0 aliphatic carbocycles. The zero-order valence-electron chi connectivity index (χ0n) is 11.5. The van der Waals surface area contributed by atoms with Crippen LogP contribution in [0.25, 0.3) is 0 Å². The number of benzene rings is 1. The molecule has 1 aromatic rings. The van der Waals surface area contributed by atoms with Crippen molar-refractivity contribution in [3.8, 4) is 0 Å². The van der Waals surface area contributed by atoms with Crippen LogP contribution in [0.1, 0.15) is 31.4 Å². The molecule has 0 saturated heterocycles. The summed E-state index contributed by atoms with van der Waals surface area (Å²) in [6.45, 7) is 5.39. The molecule has 0 aromatic heterocycles. The summed E-state index contributed by atoms with van der Waals surface area (Å²) in [5.41, 5.74) is 1.72. The number of ether oxygens (including phenoxy) is 1. The first-order valence-electron chi connectivity index (χ1n) is 6.28. The summed E-state index contributed by atoms with van der Waals surface area (Å²) in [5, 5.41) is -0.730. The Hall–Kier alpha value is -1.36. The number of esters is 1. The molecule has 0 radical (unpaired) electrons. The summed E-state index contributed by atoms with van der Waals surface area (Å²) in [6.07, 6.45) is -0.0952. The van der Waals surface area contributed by atoms with Crippen LogP contribution in [0, 0.1) is 6.92 Å². The van der Waals surface area contributed by atoms with Crippen molar-refractivity contribution in [3.63, 3.8) is 0 Å². The third kappa shape index (κ3) is 4.67. The highest BCUT2D eigenvalue weighted by molar-refractivity contribution is 7.91. The van der Waals surface area contributed by atoms with Gasteiger partial charge >= 0.3 is 5.97 Å². The fraction of sp³-hybridized carbons (Fsp3) is 0.500. The van der Waals surface area contributed by atoms with Gasteiger partial charge in [0, 0.05) is 0 Å². The van der Waals surface area contributed by atoms with Crippen molar-refractivity contribution >= 4 is 15.8 Å². The highest BCUT2D eigenvalue weighted by Gasteiger charge is 2.25. The first-order chi connectivity index (χ1) is 8.86. The highest BCUT2D eigenvalue weighted by atomic mass is 32.2. The SMILES string of the molecule is CCOC(=O)CC(C)S(=O)(=O)Cc1ccccc1C. The minimum absolute atomic E-state index is 0.0414. The Balaban J connectivity index is 2.76. The van der Waals surface area contributed by atoms with E-state index in [0.29, 0.717) is 0 Å². The van der Waals surface area contributed by atoms with Crippen molar-refractivity contribution < 1.29 is 17.9 Å². The van der Waals surface area contributed by atoms with Crippen LogP contribution in [0.3, 0.4) is 0 Å². The molecule has 0 fully saturated rings. The van der Waals surface area contributed by atoms with Crippen molar-refractivity contribution in [2.75, 3.05) is 6.61 Å². The molecule has 0 bridgehead atoms. The Morgan fingerprint density at radius 1 is 1.32 bits per heavy atom. The molecule has 19 heavy (non-hydrogen) atoms. The number of carbonyl (C=O) groups is 1. The van der Waals surface area contributed by atoms with E-state index in [-0.39, 0.29) is 18.8 Å². The summed E-state index contributed by atoms with van der Waals surface area (Å²) in [4.78, 5) is 11.3. The number of hydrogen-bond acceptors (Lipinski definition) is 4. The predicted molar refractivity (Wildman–Crippen MR) is 74.5 cm³/mol. The van der Waals surface area contributed by atoms with Gasteiger partial charge in [-0.25, -0.2) is 8.42 Å². The highest BCUT2D eigenvalue weighted by Crippen LogP contribution is 2.17. The second-order valence-corrected chi connectivity index (χ2v) is 6.97. The van der Waals surface area contributed by atoms with Gasteiger partial charge in [-0.1, -0.05) is 24.3 Å². The quantitative estimate of drug-likeness (QED) is 0.752. The largest absolute Gasteiger partial charge is 0.466 e. The second-order valence-electron chi connectivity index (χ2n) is 4.55. The standard InChI is InChI=1S/C14H20O4S/c1-4-18-14(15)9-12(3)19(16,17)10-13-8-6-5-7-11(13)2/h5-8,12H,4,9-10H2,1-3H3. The molecule has 0 N–H and O–H groups in total. The molecule has 0 spiro atoms. The van der Waals surface area contributed by atoms with Gasteiger partial charge in [0.15, 0.2) is 9.84 Å². The second kappa shape index (κ2) is 6.70. The number of rotatable bonds is 6. The third-order valence-corrected chi connectivity index (χ3v) is 5.10. The van der Waals surface area contributed by atoms with Crippen molar-refractivity contribution in [3.05, 3.63) is 35.4 Å². The van der Waals surface area contributed by atoms with Crippen molar-refractivity contribution in [1.29, 1.82) is 0 Å². The van der Waals surface area contributed by atoms with Crippen molar-refractivity contribution in [1.82, 2.24) is 0 Å². The van der Waals surface area contributed by atoms with Gasteiger partial charge in [-0.05, 0) is 31.9 Å². The van der Waals surface area contributed by atoms with Gasteiger partial charge in [0.05, 0.1) is 24.0 Å². The minimum atomic E-state index is -3.35. The van der Waals surface area contributed by atoms with E-state index in [2.05, 4.69) is 0 Å². The minimum Gasteiger partial charge on any atom is -0.466 e. The van der Waals surface area contributed by atoms with Gasteiger partial charge in [0.2, 0.25) is 0 Å². The molecule has 5 heteroatoms. The molecular weight excluding hydrogens is 264 g/mol. The van der Waals surface area contributed by atoms with E-state index in [4.69, 9.17) is 4.74 Å². The molecule has 1 unspecified atom stereocenters. The molecule has 106 valence electrons. The van der Waals surface area contributed by atoms with Crippen molar-refractivity contribution in [2.45, 2.75) is 38.2 Å². The molecule has 4 nitrogen and oxygen atoms in total. The van der Waals surface area contributed by atoms with Gasteiger partial charge in [-0.2, -0.15) is 0 Å². The van der Waals surface area contributed by atoms with E-state index >= 15 is 0 Å². The molecule has 1 atom stereocenters. The maximum atomic E-state index is 12.2. The lowest BCUT2D eigenvalue weighted by Crippen LogP contribution is -2.24. The number of aryl methyl sites for hydroxylation is 1. The Morgan fingerprint density at radius 2 is 1.95 bits per heavy atom. The normalized spacial score (nSPS) is 13.0. The van der Waals surface area contributed by atoms with Crippen LogP contribution in [-0.4, -0.2) is 26.2 Å². The fourth-order valence-corrected chi connectivity index (χ4v) is 3.14. The van der Waals surface area contributed by atoms with E-state index < -0.39 is 21.1 Å². The van der Waals surface area contributed by atoms with E-state index in [1.54, 1.807) is 19.9 Å². The van der Waals surface area contributed by atoms with Crippen LogP contribution in [0.15, 0.2) is 24.3 Å². The average Bonchev–Trinajstić information content (AvgIpc) is 2.32. The zero-order chi connectivity index (χ0) is 14.5. The lowest BCUT2D eigenvalue weighted by molar-refractivity contribution is -0.143. The molecule has 0 amide bonds. The van der Waals surface area contributed by atoms with Crippen LogP contribution in [-0.2, 0) is 25.1 Å². The lowest BCUT2D eigenvalue weighted by atomic mass is 10.1. The van der Waals surface area contributed by atoms with Gasteiger partial charge < -0.3 is 4.74 Å². The summed E-state index contributed by atoms with van der Waals surface area (Å²) < 4.78 is 29.1. The van der Waals surface area contributed by atoms with Crippen molar-refractivity contribution in [2.24, 2.45) is 0 Å². The monoisotopic (exact) mass is 284 g/mol. The molecule has 0 aliphatic heterocycles. The van der Waals surface area contributed by atoms with Gasteiger partial charge in [-0.15, -0.1) is 0 Å². The topological polar surface area (TPSA) is 60.4 Å². The third-order valence-electron chi connectivity index (χ3n) is 2.99. The fourth-order valence-electron chi connectivity index (χ4n) is 1.71. The average molecular weight is 284 g/mol. The predicted octanol–water partition coefficient (Wildman–Crippen LogP) is 2.25. The molecule has 0 saturated carbocycles. The van der Waals surface area contributed by atoms with Crippen LogP contribution in [0.4, 0.5) is 0 Å². The van der Waals surface area contributed by atoms with Gasteiger partial charge in [-0.3, -0.25) is 4.79 Å². The van der Waals surface area contributed by atoms with Crippen LogP contribution in [0.5, 0.6) is 0 Å². The molecule has 1 rings (SSSR count). The van der Waals surface area contributed by atoms with Crippen LogP contribution >= 0.6 is 0 Å². The summed E-state index contributed by atoms with van der Waals surface area (Å²) in [5.74, 6) is -0.511. The van der Waals surface area contributed by atoms with E-state index in [9.17, 15) is 13.2 Å². The van der Waals surface area contributed by atoms with E-state index in [1.165, 1.54) is 0 Å².